The Kier molecular flexibility index (Phi) is 4.00. The van der Waals surface area contributed by atoms with Crippen molar-refractivity contribution in [1.29, 1.82) is 0 Å². The predicted molar refractivity (Wildman–Crippen MR) is 90.5 cm³/mol. The maximum Gasteiger partial charge on any atom is 0.151 e. The van der Waals surface area contributed by atoms with Crippen LogP contribution in [0.5, 0.6) is 0 Å². The highest BCUT2D eigenvalue weighted by Crippen LogP contribution is 2.22. The van der Waals surface area contributed by atoms with Crippen molar-refractivity contribution in [2.75, 3.05) is 0 Å². The molecule has 0 aliphatic heterocycles. The molecule has 0 saturated heterocycles. The molecule has 0 bridgehead atoms. The smallest absolute Gasteiger partial charge is 0.151 e. The fourth-order valence-corrected chi connectivity index (χ4v) is 2.58. The zero-order chi connectivity index (χ0) is 16.6. The van der Waals surface area contributed by atoms with E-state index in [1.165, 1.54) is 5.56 Å². The zero-order valence-corrected chi connectivity index (χ0v) is 14.2. The lowest BCUT2D eigenvalue weighted by Crippen LogP contribution is -1.98. The topological polar surface area (TPSA) is 60.9 Å². The van der Waals surface area contributed by atoms with Crippen LogP contribution in [0.3, 0.4) is 0 Å². The Hall–Kier alpha value is -2.47. The number of rotatable bonds is 3. The van der Waals surface area contributed by atoms with Gasteiger partial charge in [-0.05, 0) is 39.8 Å². The average molecular weight is 329 g/mol. The molecule has 0 unspecified atom stereocenters. The van der Waals surface area contributed by atoms with Gasteiger partial charge in [0.15, 0.2) is 11.6 Å². The molecule has 7 heteroatoms. The summed E-state index contributed by atoms with van der Waals surface area (Å²) in [5, 5.41) is 17.4. The summed E-state index contributed by atoms with van der Waals surface area (Å²) in [4.78, 5) is 0. The van der Waals surface area contributed by atoms with E-state index in [1.54, 1.807) is 15.6 Å². The van der Waals surface area contributed by atoms with Crippen LogP contribution in [-0.2, 0) is 0 Å². The SMILES string of the molecule is Cc1ccc(-n2nc(C)c(/C=N/n3c(C)nnc3C)c2Cl)cc1. The van der Waals surface area contributed by atoms with Crippen LogP contribution in [0.2, 0.25) is 5.15 Å². The third kappa shape index (κ3) is 2.90. The molecular weight excluding hydrogens is 312 g/mol. The average Bonchev–Trinajstić information content (AvgIpc) is 2.99. The minimum absolute atomic E-state index is 0.526. The molecule has 3 aromatic rings. The lowest BCUT2D eigenvalue weighted by Gasteiger charge is -2.03. The van der Waals surface area contributed by atoms with Crippen molar-refractivity contribution in [1.82, 2.24) is 24.7 Å². The van der Waals surface area contributed by atoms with Crippen molar-refractivity contribution >= 4 is 17.8 Å². The molecule has 6 nitrogen and oxygen atoms in total. The third-order valence-electron chi connectivity index (χ3n) is 3.58. The second-order valence-corrected chi connectivity index (χ2v) is 5.75. The van der Waals surface area contributed by atoms with Gasteiger partial charge in [-0.15, -0.1) is 10.2 Å². The summed E-state index contributed by atoms with van der Waals surface area (Å²) in [6.45, 7) is 7.65. The second kappa shape index (κ2) is 5.96. The van der Waals surface area contributed by atoms with Gasteiger partial charge >= 0.3 is 0 Å². The monoisotopic (exact) mass is 328 g/mol. The molecule has 0 aliphatic rings. The summed E-state index contributed by atoms with van der Waals surface area (Å²) in [5.41, 5.74) is 3.69. The number of aryl methyl sites for hydroxylation is 4. The van der Waals surface area contributed by atoms with Gasteiger partial charge in [0, 0.05) is 0 Å². The number of hydrogen-bond donors (Lipinski definition) is 0. The van der Waals surface area contributed by atoms with E-state index in [0.29, 0.717) is 5.15 Å². The van der Waals surface area contributed by atoms with Gasteiger partial charge in [0.2, 0.25) is 0 Å². The molecule has 1 aromatic carbocycles. The Morgan fingerprint density at radius 2 is 1.61 bits per heavy atom. The molecule has 0 N–H and O–H groups in total. The molecule has 0 atom stereocenters. The molecule has 0 fully saturated rings. The van der Waals surface area contributed by atoms with Gasteiger partial charge in [-0.2, -0.15) is 10.2 Å². The molecule has 2 aromatic heterocycles. The standard InChI is InChI=1S/C16H17ClN6/c1-10-5-7-14(8-6-10)23-16(17)15(11(2)21-23)9-18-22-12(3)19-20-13(22)4/h5-9H,1-4H3/b18-9+. The quantitative estimate of drug-likeness (QED) is 0.693. The van der Waals surface area contributed by atoms with Crippen molar-refractivity contribution in [3.8, 4) is 5.69 Å². The Bertz CT molecular complexity index is 853. The van der Waals surface area contributed by atoms with Crippen LogP contribution in [0.1, 0.15) is 28.5 Å². The van der Waals surface area contributed by atoms with Crippen LogP contribution in [0.25, 0.3) is 5.69 Å². The number of nitrogens with zero attached hydrogens (tertiary/aromatic N) is 6. The first kappa shape index (κ1) is 15.4. The third-order valence-corrected chi connectivity index (χ3v) is 3.95. The van der Waals surface area contributed by atoms with Crippen LogP contribution in [0.4, 0.5) is 0 Å². The van der Waals surface area contributed by atoms with Gasteiger partial charge in [-0.3, -0.25) is 0 Å². The lowest BCUT2D eigenvalue weighted by molar-refractivity contribution is 0.799. The van der Waals surface area contributed by atoms with Gasteiger partial charge in [-0.25, -0.2) is 9.36 Å². The summed E-state index contributed by atoms with van der Waals surface area (Å²) in [7, 11) is 0. The first-order chi connectivity index (χ1) is 11.0. The molecule has 0 aliphatic carbocycles. The predicted octanol–water partition coefficient (Wildman–Crippen LogP) is 3.23. The van der Waals surface area contributed by atoms with Crippen molar-refractivity contribution < 1.29 is 0 Å². The highest BCUT2D eigenvalue weighted by molar-refractivity contribution is 6.32. The summed E-state index contributed by atoms with van der Waals surface area (Å²) >= 11 is 6.49. The largest absolute Gasteiger partial charge is 0.221 e. The normalized spacial score (nSPS) is 11.5. The van der Waals surface area contributed by atoms with Crippen LogP contribution in [-0.4, -0.2) is 30.9 Å². The molecule has 0 saturated carbocycles. The Labute approximate surface area is 139 Å². The molecule has 3 rings (SSSR count). The number of hydrogen-bond acceptors (Lipinski definition) is 4. The van der Waals surface area contributed by atoms with Crippen molar-refractivity contribution in [3.63, 3.8) is 0 Å². The van der Waals surface area contributed by atoms with E-state index in [4.69, 9.17) is 11.6 Å². The number of aromatic nitrogens is 5. The molecule has 0 amide bonds. The van der Waals surface area contributed by atoms with Crippen molar-refractivity contribution in [3.05, 3.63) is 57.9 Å². The zero-order valence-electron chi connectivity index (χ0n) is 13.4. The first-order valence-electron chi connectivity index (χ1n) is 7.22. The number of halogens is 1. The molecule has 0 spiro atoms. The highest BCUT2D eigenvalue weighted by atomic mass is 35.5. The van der Waals surface area contributed by atoms with E-state index in [2.05, 4.69) is 20.4 Å². The second-order valence-electron chi connectivity index (χ2n) is 5.39. The Balaban J connectivity index is 2.00. The molecule has 118 valence electrons. The van der Waals surface area contributed by atoms with Crippen molar-refractivity contribution in [2.24, 2.45) is 5.10 Å². The molecular formula is C16H17ClN6. The van der Waals surface area contributed by atoms with Gasteiger partial charge in [0.1, 0.15) is 5.15 Å². The van der Waals surface area contributed by atoms with Crippen LogP contribution in [0.15, 0.2) is 29.4 Å². The first-order valence-corrected chi connectivity index (χ1v) is 7.60. The van der Waals surface area contributed by atoms with E-state index < -0.39 is 0 Å². The maximum absolute atomic E-state index is 6.49. The van der Waals surface area contributed by atoms with Gasteiger partial charge in [-0.1, -0.05) is 29.3 Å². The number of benzene rings is 1. The molecule has 0 radical (unpaired) electrons. The van der Waals surface area contributed by atoms with E-state index in [0.717, 1.165) is 28.6 Å². The minimum atomic E-state index is 0.526. The van der Waals surface area contributed by atoms with Gasteiger partial charge in [0.25, 0.3) is 0 Å². The summed E-state index contributed by atoms with van der Waals surface area (Å²) in [6, 6.07) is 8.03. The summed E-state index contributed by atoms with van der Waals surface area (Å²) in [5.74, 6) is 1.44. The van der Waals surface area contributed by atoms with Crippen molar-refractivity contribution in [2.45, 2.75) is 27.7 Å². The van der Waals surface area contributed by atoms with Crippen LogP contribution >= 0.6 is 11.6 Å². The van der Waals surface area contributed by atoms with Crippen LogP contribution < -0.4 is 0 Å². The maximum atomic E-state index is 6.49. The van der Waals surface area contributed by atoms with E-state index in [-0.39, 0.29) is 0 Å². The summed E-state index contributed by atoms with van der Waals surface area (Å²) < 4.78 is 3.38. The van der Waals surface area contributed by atoms with Gasteiger partial charge in [0.05, 0.1) is 23.2 Å². The lowest BCUT2D eigenvalue weighted by atomic mass is 10.2. The fourth-order valence-electron chi connectivity index (χ4n) is 2.26. The highest BCUT2D eigenvalue weighted by Gasteiger charge is 2.13. The summed E-state index contributed by atoms with van der Waals surface area (Å²) in [6.07, 6.45) is 1.69. The Morgan fingerprint density at radius 3 is 2.22 bits per heavy atom. The Morgan fingerprint density at radius 1 is 1.00 bits per heavy atom. The van der Waals surface area contributed by atoms with E-state index in [1.807, 2.05) is 52.0 Å². The minimum Gasteiger partial charge on any atom is -0.221 e. The molecule has 23 heavy (non-hydrogen) atoms. The van der Waals surface area contributed by atoms with Crippen LogP contribution in [0, 0.1) is 27.7 Å². The van der Waals surface area contributed by atoms with E-state index in [9.17, 15) is 0 Å². The fraction of sp³-hybridized carbons (Fsp3) is 0.250. The van der Waals surface area contributed by atoms with E-state index >= 15 is 0 Å². The molecule has 2 heterocycles. The van der Waals surface area contributed by atoms with Gasteiger partial charge < -0.3 is 0 Å².